The zero-order valence-electron chi connectivity index (χ0n) is 13.0. The Morgan fingerprint density at radius 1 is 1.14 bits per heavy atom. The van der Waals surface area contributed by atoms with Crippen LogP contribution in [0.4, 0.5) is 0 Å². The van der Waals surface area contributed by atoms with Crippen LogP contribution >= 0.6 is 0 Å². The van der Waals surface area contributed by atoms with Crippen molar-refractivity contribution in [2.75, 3.05) is 20.8 Å². The van der Waals surface area contributed by atoms with Crippen LogP contribution in [0.1, 0.15) is 31.0 Å². The van der Waals surface area contributed by atoms with Crippen LogP contribution in [0.2, 0.25) is 0 Å². The van der Waals surface area contributed by atoms with E-state index in [1.165, 1.54) is 0 Å². The summed E-state index contributed by atoms with van der Waals surface area (Å²) in [4.78, 5) is 0. The van der Waals surface area contributed by atoms with E-state index >= 15 is 0 Å². The first kappa shape index (κ1) is 15.4. The van der Waals surface area contributed by atoms with E-state index in [-0.39, 0.29) is 12.5 Å². The lowest BCUT2D eigenvalue weighted by Crippen LogP contribution is -2.01. The topological polar surface area (TPSA) is 56.5 Å². The van der Waals surface area contributed by atoms with Crippen LogP contribution in [-0.4, -0.2) is 35.7 Å². The van der Waals surface area contributed by atoms with Crippen LogP contribution in [0.5, 0.6) is 11.6 Å². The number of hydrogen-bond acceptors (Lipinski definition) is 4. The highest BCUT2D eigenvalue weighted by atomic mass is 16.5. The highest BCUT2D eigenvalue weighted by molar-refractivity contribution is 5.44. The standard InChI is InChI=1S/C16H22N2O3/c1-11(2)15-14(9-10-19)16(21-4)18(17-15)12-5-7-13(20-3)8-6-12/h5-8,11,19H,9-10H2,1-4H3. The fourth-order valence-electron chi connectivity index (χ4n) is 2.37. The fraction of sp³-hybridized carbons (Fsp3) is 0.438. The Morgan fingerprint density at radius 3 is 2.29 bits per heavy atom. The van der Waals surface area contributed by atoms with Gasteiger partial charge in [-0.3, -0.25) is 0 Å². The lowest BCUT2D eigenvalue weighted by molar-refractivity contribution is 0.295. The highest BCUT2D eigenvalue weighted by Crippen LogP contribution is 2.31. The second-order valence-corrected chi connectivity index (χ2v) is 5.11. The maximum absolute atomic E-state index is 9.28. The molecule has 1 aromatic carbocycles. The van der Waals surface area contributed by atoms with E-state index in [1.54, 1.807) is 18.9 Å². The maximum Gasteiger partial charge on any atom is 0.220 e. The number of aliphatic hydroxyl groups excluding tert-OH is 1. The first-order valence-electron chi connectivity index (χ1n) is 7.03. The highest BCUT2D eigenvalue weighted by Gasteiger charge is 2.21. The average molecular weight is 290 g/mol. The molecule has 1 N–H and O–H groups in total. The Hall–Kier alpha value is -2.01. The van der Waals surface area contributed by atoms with Gasteiger partial charge in [-0.2, -0.15) is 5.10 Å². The molecule has 0 saturated carbocycles. The van der Waals surface area contributed by atoms with Gasteiger partial charge in [0.05, 0.1) is 25.6 Å². The van der Waals surface area contributed by atoms with Crippen LogP contribution < -0.4 is 9.47 Å². The van der Waals surface area contributed by atoms with Crippen molar-refractivity contribution in [3.63, 3.8) is 0 Å². The monoisotopic (exact) mass is 290 g/mol. The van der Waals surface area contributed by atoms with E-state index in [0.29, 0.717) is 12.3 Å². The quantitative estimate of drug-likeness (QED) is 0.888. The minimum absolute atomic E-state index is 0.0738. The summed E-state index contributed by atoms with van der Waals surface area (Å²) in [5.41, 5.74) is 2.82. The molecule has 114 valence electrons. The largest absolute Gasteiger partial charge is 0.497 e. The molecule has 0 aliphatic rings. The van der Waals surface area contributed by atoms with Gasteiger partial charge in [0.25, 0.3) is 0 Å². The van der Waals surface area contributed by atoms with Crippen molar-refractivity contribution >= 4 is 0 Å². The number of methoxy groups -OCH3 is 2. The summed E-state index contributed by atoms with van der Waals surface area (Å²) in [6.45, 7) is 4.24. The molecule has 0 amide bonds. The Kier molecular flexibility index (Phi) is 4.85. The summed E-state index contributed by atoms with van der Waals surface area (Å²) in [6.07, 6.45) is 0.535. The van der Waals surface area contributed by atoms with E-state index in [2.05, 4.69) is 18.9 Å². The second kappa shape index (κ2) is 6.63. The predicted octanol–water partition coefficient (Wildman–Crippen LogP) is 2.55. The summed E-state index contributed by atoms with van der Waals surface area (Å²) in [6, 6.07) is 7.64. The van der Waals surface area contributed by atoms with Crippen molar-refractivity contribution in [3.05, 3.63) is 35.5 Å². The minimum atomic E-state index is 0.0738. The zero-order chi connectivity index (χ0) is 15.4. The fourth-order valence-corrected chi connectivity index (χ4v) is 2.37. The van der Waals surface area contributed by atoms with Gasteiger partial charge in [0.1, 0.15) is 5.75 Å². The average Bonchev–Trinajstić information content (AvgIpc) is 2.86. The molecule has 0 spiro atoms. The molecular weight excluding hydrogens is 268 g/mol. The normalized spacial score (nSPS) is 11.0. The Bertz CT molecular complexity index is 588. The molecule has 0 atom stereocenters. The first-order valence-corrected chi connectivity index (χ1v) is 7.03. The third-order valence-corrected chi connectivity index (χ3v) is 3.39. The first-order chi connectivity index (χ1) is 10.1. The van der Waals surface area contributed by atoms with Crippen molar-refractivity contribution in [3.8, 4) is 17.3 Å². The Labute approximate surface area is 125 Å². The number of aliphatic hydroxyl groups is 1. The van der Waals surface area contributed by atoms with Crippen LogP contribution in [0.25, 0.3) is 5.69 Å². The molecule has 0 aliphatic carbocycles. The number of rotatable bonds is 6. The molecule has 0 aliphatic heterocycles. The smallest absolute Gasteiger partial charge is 0.220 e. The minimum Gasteiger partial charge on any atom is -0.497 e. The summed E-state index contributed by atoms with van der Waals surface area (Å²) in [5.74, 6) is 1.74. The molecule has 0 saturated heterocycles. The van der Waals surface area contributed by atoms with Crippen molar-refractivity contribution in [1.82, 2.24) is 9.78 Å². The van der Waals surface area contributed by atoms with Gasteiger partial charge in [-0.15, -0.1) is 0 Å². The number of hydrogen-bond donors (Lipinski definition) is 1. The molecule has 5 heteroatoms. The van der Waals surface area contributed by atoms with Gasteiger partial charge >= 0.3 is 0 Å². The molecule has 1 aromatic heterocycles. The third-order valence-electron chi connectivity index (χ3n) is 3.39. The van der Waals surface area contributed by atoms with E-state index < -0.39 is 0 Å². The SMILES string of the molecule is COc1ccc(-n2nc(C(C)C)c(CCO)c2OC)cc1. The zero-order valence-corrected chi connectivity index (χ0v) is 13.0. The van der Waals surface area contributed by atoms with Crippen molar-refractivity contribution in [1.29, 1.82) is 0 Å². The number of ether oxygens (including phenoxy) is 2. The molecule has 2 rings (SSSR count). The predicted molar refractivity (Wildman–Crippen MR) is 81.5 cm³/mol. The molecular formula is C16H22N2O3. The Morgan fingerprint density at radius 2 is 1.81 bits per heavy atom. The van der Waals surface area contributed by atoms with Gasteiger partial charge in [-0.1, -0.05) is 13.8 Å². The van der Waals surface area contributed by atoms with Gasteiger partial charge in [0.15, 0.2) is 0 Å². The lowest BCUT2D eigenvalue weighted by Gasteiger charge is -2.08. The van der Waals surface area contributed by atoms with Crippen LogP contribution in [0.3, 0.4) is 0 Å². The van der Waals surface area contributed by atoms with Crippen LogP contribution in [0, 0.1) is 0 Å². The van der Waals surface area contributed by atoms with Crippen molar-refractivity contribution in [2.45, 2.75) is 26.2 Å². The van der Waals surface area contributed by atoms with Gasteiger partial charge in [0.2, 0.25) is 5.88 Å². The number of nitrogens with zero attached hydrogens (tertiary/aromatic N) is 2. The molecule has 0 fully saturated rings. The molecule has 2 aromatic rings. The molecule has 5 nitrogen and oxygen atoms in total. The number of aromatic nitrogens is 2. The molecule has 0 bridgehead atoms. The summed E-state index contributed by atoms with van der Waals surface area (Å²) in [5, 5.41) is 13.9. The number of benzene rings is 1. The maximum atomic E-state index is 9.28. The molecule has 21 heavy (non-hydrogen) atoms. The van der Waals surface area contributed by atoms with Gasteiger partial charge in [0, 0.05) is 18.6 Å². The molecule has 1 heterocycles. The van der Waals surface area contributed by atoms with E-state index in [0.717, 1.165) is 22.7 Å². The van der Waals surface area contributed by atoms with Crippen LogP contribution in [-0.2, 0) is 6.42 Å². The lowest BCUT2D eigenvalue weighted by atomic mass is 10.0. The van der Waals surface area contributed by atoms with Crippen molar-refractivity contribution in [2.24, 2.45) is 0 Å². The van der Waals surface area contributed by atoms with Crippen LogP contribution in [0.15, 0.2) is 24.3 Å². The van der Waals surface area contributed by atoms with Gasteiger partial charge in [-0.05, 0) is 30.2 Å². The summed E-state index contributed by atoms with van der Waals surface area (Å²) in [7, 11) is 3.27. The van der Waals surface area contributed by atoms with E-state index in [9.17, 15) is 5.11 Å². The Balaban J connectivity index is 2.53. The van der Waals surface area contributed by atoms with E-state index in [1.807, 2.05) is 24.3 Å². The van der Waals surface area contributed by atoms with Gasteiger partial charge in [-0.25, -0.2) is 4.68 Å². The second-order valence-electron chi connectivity index (χ2n) is 5.11. The molecule has 0 radical (unpaired) electrons. The summed E-state index contributed by atoms with van der Waals surface area (Å²) < 4.78 is 12.5. The van der Waals surface area contributed by atoms with Gasteiger partial charge < -0.3 is 14.6 Å². The summed E-state index contributed by atoms with van der Waals surface area (Å²) >= 11 is 0. The molecule has 0 unspecified atom stereocenters. The van der Waals surface area contributed by atoms with E-state index in [4.69, 9.17) is 9.47 Å². The van der Waals surface area contributed by atoms with Crippen molar-refractivity contribution < 1.29 is 14.6 Å². The third kappa shape index (κ3) is 3.03.